The summed E-state index contributed by atoms with van der Waals surface area (Å²) in [5.41, 5.74) is 6.29. The molecule has 2 aliphatic rings. The summed E-state index contributed by atoms with van der Waals surface area (Å²) >= 11 is 5.83. The standard InChI is InChI=1S/C26H29FN4S/c1-16-14-20(11-12-22(16)27)31-25(24(29-26(31)32)23-10-6-7-13-28-23)21-15-17(2)30(18(21)3)19-8-4-5-9-19/h6-7,10-15,19,24-25H,4-5,8-9H2,1-3H3,(H,29,32). The van der Waals surface area contributed by atoms with E-state index >= 15 is 0 Å². The molecule has 0 spiro atoms. The van der Waals surface area contributed by atoms with Crippen molar-refractivity contribution in [2.24, 2.45) is 0 Å². The number of hydrogen-bond acceptors (Lipinski definition) is 2. The van der Waals surface area contributed by atoms with Gasteiger partial charge in [-0.15, -0.1) is 0 Å². The maximum absolute atomic E-state index is 14.1. The van der Waals surface area contributed by atoms with Crippen LogP contribution in [-0.2, 0) is 0 Å². The summed E-state index contributed by atoms with van der Waals surface area (Å²) in [6.07, 6.45) is 6.89. The summed E-state index contributed by atoms with van der Waals surface area (Å²) in [6, 6.07) is 13.9. The van der Waals surface area contributed by atoms with Gasteiger partial charge < -0.3 is 14.8 Å². The predicted octanol–water partition coefficient (Wildman–Crippen LogP) is 6.24. The molecule has 0 bridgehead atoms. The van der Waals surface area contributed by atoms with E-state index in [0.717, 1.165) is 11.4 Å². The van der Waals surface area contributed by atoms with Crippen LogP contribution in [0.25, 0.3) is 0 Å². The molecule has 2 fully saturated rings. The van der Waals surface area contributed by atoms with Gasteiger partial charge in [-0.3, -0.25) is 4.98 Å². The van der Waals surface area contributed by atoms with E-state index in [9.17, 15) is 4.39 Å². The van der Waals surface area contributed by atoms with Crippen LogP contribution >= 0.6 is 12.2 Å². The van der Waals surface area contributed by atoms with Crippen LogP contribution in [-0.4, -0.2) is 14.7 Å². The first-order valence-electron chi connectivity index (χ1n) is 11.4. The van der Waals surface area contributed by atoms with Crippen LogP contribution in [0, 0.1) is 26.6 Å². The number of halogens is 1. The average Bonchev–Trinajstić information content (AvgIpc) is 3.49. The number of anilines is 1. The van der Waals surface area contributed by atoms with Crippen LogP contribution in [0.15, 0.2) is 48.7 Å². The molecule has 2 atom stereocenters. The van der Waals surface area contributed by atoms with Crippen molar-refractivity contribution in [3.8, 4) is 0 Å². The number of hydrogen-bond donors (Lipinski definition) is 1. The molecule has 1 saturated carbocycles. The molecule has 1 aromatic carbocycles. The van der Waals surface area contributed by atoms with Crippen LogP contribution < -0.4 is 10.2 Å². The first kappa shape index (κ1) is 21.1. The van der Waals surface area contributed by atoms with Gasteiger partial charge in [0.15, 0.2) is 5.11 Å². The molecule has 1 aliphatic heterocycles. The lowest BCUT2D eigenvalue weighted by molar-refractivity contribution is 0.494. The van der Waals surface area contributed by atoms with Gasteiger partial charge in [0.25, 0.3) is 0 Å². The molecule has 6 heteroatoms. The molecule has 5 rings (SSSR count). The Bertz CT molecular complexity index is 1150. The van der Waals surface area contributed by atoms with Crippen molar-refractivity contribution in [1.82, 2.24) is 14.9 Å². The number of nitrogens with one attached hydrogen (secondary N) is 1. The molecule has 2 aromatic heterocycles. The van der Waals surface area contributed by atoms with E-state index in [1.165, 1.54) is 48.7 Å². The first-order valence-corrected chi connectivity index (χ1v) is 11.8. The fourth-order valence-corrected chi connectivity index (χ4v) is 5.90. The Balaban J connectivity index is 1.65. The first-order chi connectivity index (χ1) is 15.5. The van der Waals surface area contributed by atoms with E-state index in [-0.39, 0.29) is 17.9 Å². The Labute approximate surface area is 194 Å². The van der Waals surface area contributed by atoms with Crippen LogP contribution in [0.1, 0.15) is 72.0 Å². The Hall–Kier alpha value is -2.73. The van der Waals surface area contributed by atoms with Gasteiger partial charge in [0.1, 0.15) is 5.82 Å². The normalized spacial score (nSPS) is 21.4. The number of thiocarbonyl (C=S) groups is 1. The zero-order valence-electron chi connectivity index (χ0n) is 18.8. The number of benzene rings is 1. The van der Waals surface area contributed by atoms with E-state index < -0.39 is 0 Å². The van der Waals surface area contributed by atoms with Gasteiger partial charge in [0.2, 0.25) is 0 Å². The van der Waals surface area contributed by atoms with E-state index in [0.29, 0.717) is 16.7 Å². The molecule has 2 unspecified atom stereocenters. The Kier molecular flexibility index (Phi) is 5.49. The van der Waals surface area contributed by atoms with Gasteiger partial charge in [-0.25, -0.2) is 4.39 Å². The quantitative estimate of drug-likeness (QED) is 0.479. The van der Waals surface area contributed by atoms with E-state index in [1.54, 1.807) is 6.92 Å². The van der Waals surface area contributed by atoms with Crippen molar-refractivity contribution < 1.29 is 4.39 Å². The van der Waals surface area contributed by atoms with Crippen LogP contribution in [0.4, 0.5) is 10.1 Å². The fraction of sp³-hybridized carbons (Fsp3) is 0.385. The third kappa shape index (κ3) is 3.51. The van der Waals surface area contributed by atoms with Crippen LogP contribution in [0.3, 0.4) is 0 Å². The molecule has 166 valence electrons. The smallest absolute Gasteiger partial charge is 0.174 e. The highest BCUT2D eigenvalue weighted by molar-refractivity contribution is 7.80. The van der Waals surface area contributed by atoms with Gasteiger partial charge >= 0.3 is 0 Å². The SMILES string of the molecule is Cc1cc(N2C(=S)NC(c3ccccn3)C2c2cc(C)n(C3CCCC3)c2C)ccc1F. The molecule has 0 radical (unpaired) electrons. The maximum Gasteiger partial charge on any atom is 0.174 e. The van der Waals surface area contributed by atoms with Crippen molar-refractivity contribution >= 4 is 23.0 Å². The molecule has 4 nitrogen and oxygen atoms in total. The third-order valence-electron chi connectivity index (χ3n) is 7.05. The number of nitrogens with zero attached hydrogens (tertiary/aromatic N) is 3. The predicted molar refractivity (Wildman–Crippen MR) is 130 cm³/mol. The van der Waals surface area contributed by atoms with E-state index in [4.69, 9.17) is 12.2 Å². The lowest BCUT2D eigenvalue weighted by Crippen LogP contribution is -2.29. The van der Waals surface area contributed by atoms with Gasteiger partial charge in [-0.2, -0.15) is 0 Å². The Morgan fingerprint density at radius 3 is 2.53 bits per heavy atom. The van der Waals surface area contributed by atoms with Crippen LogP contribution in [0.5, 0.6) is 0 Å². The number of aryl methyl sites for hydroxylation is 2. The van der Waals surface area contributed by atoms with E-state index in [2.05, 4.69) is 39.7 Å². The molecule has 1 aliphatic carbocycles. The van der Waals surface area contributed by atoms with Crippen molar-refractivity contribution in [1.29, 1.82) is 0 Å². The number of rotatable bonds is 4. The number of pyridine rings is 1. The summed E-state index contributed by atoms with van der Waals surface area (Å²) in [7, 11) is 0. The highest BCUT2D eigenvalue weighted by atomic mass is 32.1. The molecular formula is C26H29FN4S. The van der Waals surface area contributed by atoms with Crippen molar-refractivity contribution in [2.45, 2.75) is 64.6 Å². The van der Waals surface area contributed by atoms with Gasteiger partial charge in [0, 0.05) is 29.3 Å². The second-order valence-electron chi connectivity index (χ2n) is 9.06. The molecule has 1 N–H and O–H groups in total. The maximum atomic E-state index is 14.1. The summed E-state index contributed by atoms with van der Waals surface area (Å²) in [6.45, 7) is 6.23. The highest BCUT2D eigenvalue weighted by Gasteiger charge is 2.42. The monoisotopic (exact) mass is 448 g/mol. The molecule has 32 heavy (non-hydrogen) atoms. The Morgan fingerprint density at radius 1 is 1.06 bits per heavy atom. The van der Waals surface area contributed by atoms with Gasteiger partial charge in [0.05, 0.1) is 17.8 Å². The third-order valence-corrected chi connectivity index (χ3v) is 7.36. The second kappa shape index (κ2) is 8.32. The lowest BCUT2D eigenvalue weighted by Gasteiger charge is -2.29. The molecule has 0 amide bonds. The number of aromatic nitrogens is 2. The summed E-state index contributed by atoms with van der Waals surface area (Å²) < 4.78 is 16.6. The van der Waals surface area contributed by atoms with Gasteiger partial charge in [-0.1, -0.05) is 18.9 Å². The second-order valence-corrected chi connectivity index (χ2v) is 9.45. The zero-order chi connectivity index (χ0) is 22.4. The highest BCUT2D eigenvalue weighted by Crippen LogP contribution is 2.45. The minimum atomic E-state index is -0.205. The molecule has 3 heterocycles. The minimum absolute atomic E-state index is 0.0661. The van der Waals surface area contributed by atoms with Crippen molar-refractivity contribution in [3.63, 3.8) is 0 Å². The Morgan fingerprint density at radius 2 is 1.84 bits per heavy atom. The summed E-state index contributed by atoms with van der Waals surface area (Å²) in [4.78, 5) is 6.79. The summed E-state index contributed by atoms with van der Waals surface area (Å²) in [5, 5.41) is 4.16. The lowest BCUT2D eigenvalue weighted by atomic mass is 9.96. The zero-order valence-corrected chi connectivity index (χ0v) is 19.6. The molecule has 1 saturated heterocycles. The summed E-state index contributed by atoms with van der Waals surface area (Å²) in [5.74, 6) is -0.205. The minimum Gasteiger partial charge on any atom is -0.351 e. The topological polar surface area (TPSA) is 33.1 Å². The molecule has 3 aromatic rings. The average molecular weight is 449 g/mol. The van der Waals surface area contributed by atoms with Crippen molar-refractivity contribution in [3.05, 3.63) is 82.7 Å². The van der Waals surface area contributed by atoms with Crippen LogP contribution in [0.2, 0.25) is 0 Å². The molecular weight excluding hydrogens is 419 g/mol. The largest absolute Gasteiger partial charge is 0.351 e. The van der Waals surface area contributed by atoms with Gasteiger partial charge in [-0.05, 0) is 93.4 Å². The van der Waals surface area contributed by atoms with E-state index in [1.807, 2.05) is 36.5 Å². The van der Waals surface area contributed by atoms with Crippen molar-refractivity contribution in [2.75, 3.05) is 4.90 Å². The fourth-order valence-electron chi connectivity index (χ4n) is 5.55.